The van der Waals surface area contributed by atoms with Crippen LogP contribution < -0.4 is 15.4 Å². The van der Waals surface area contributed by atoms with E-state index in [1.54, 1.807) is 7.05 Å². The van der Waals surface area contributed by atoms with E-state index in [9.17, 15) is 0 Å². The minimum absolute atomic E-state index is 0.244. The molecular weight excluding hydrogens is 394 g/mol. The molecule has 2 aromatic rings. The van der Waals surface area contributed by atoms with E-state index in [2.05, 4.69) is 57.4 Å². The van der Waals surface area contributed by atoms with Crippen molar-refractivity contribution in [2.75, 3.05) is 20.2 Å². The second-order valence-corrected chi connectivity index (χ2v) is 7.24. The Bertz CT molecular complexity index is 756. The number of ether oxygens (including phenoxy) is 1. The summed E-state index contributed by atoms with van der Waals surface area (Å²) in [6, 6.07) is 8.07. The molecule has 0 aliphatic rings. The topological polar surface area (TPSA) is 63.5 Å². The molecule has 0 aliphatic heterocycles. The second-order valence-electron chi connectivity index (χ2n) is 6.33. The summed E-state index contributed by atoms with van der Waals surface area (Å²) in [5.74, 6) is 1.62. The van der Waals surface area contributed by atoms with E-state index in [-0.39, 0.29) is 6.04 Å². The highest BCUT2D eigenvalue weighted by Gasteiger charge is 2.13. The first kappa shape index (κ1) is 20.3. The van der Waals surface area contributed by atoms with Gasteiger partial charge in [0.1, 0.15) is 12.4 Å². The zero-order valence-corrected chi connectivity index (χ0v) is 17.7. The fourth-order valence-corrected chi connectivity index (χ4v) is 3.17. The summed E-state index contributed by atoms with van der Waals surface area (Å²) in [5.41, 5.74) is 3.59. The maximum absolute atomic E-state index is 5.73. The van der Waals surface area contributed by atoms with Crippen molar-refractivity contribution in [3.8, 4) is 5.75 Å². The zero-order chi connectivity index (χ0) is 19.1. The Kier molecular flexibility index (Phi) is 7.50. The number of aryl methyl sites for hydroxylation is 2. The SMILES string of the molecule is CN=C(NCCOc1cccc(Br)c1)NC(C)Cc1c(C)nn(C)c1C. The highest BCUT2D eigenvalue weighted by atomic mass is 79.9. The van der Waals surface area contributed by atoms with E-state index in [0.29, 0.717) is 13.2 Å². The number of aliphatic imine (C=N–C) groups is 1. The Morgan fingerprint density at radius 1 is 1.38 bits per heavy atom. The standard InChI is InChI=1S/C19H28BrN5O/c1-13(11-18-14(2)24-25(5)15(18)3)23-19(21-4)22-9-10-26-17-8-6-7-16(20)12-17/h6-8,12-13H,9-11H2,1-5H3,(H2,21,22,23). The molecule has 0 saturated carbocycles. The van der Waals surface area contributed by atoms with Gasteiger partial charge in [-0.15, -0.1) is 0 Å². The second kappa shape index (κ2) is 9.62. The molecule has 7 heteroatoms. The van der Waals surface area contributed by atoms with E-state index < -0.39 is 0 Å². The number of hydrogen-bond acceptors (Lipinski definition) is 3. The molecule has 1 atom stereocenters. The van der Waals surface area contributed by atoms with E-state index in [4.69, 9.17) is 4.74 Å². The molecule has 1 aromatic carbocycles. The van der Waals surface area contributed by atoms with Crippen LogP contribution in [0.15, 0.2) is 33.7 Å². The monoisotopic (exact) mass is 421 g/mol. The van der Waals surface area contributed by atoms with Crippen LogP contribution in [-0.2, 0) is 13.5 Å². The lowest BCUT2D eigenvalue weighted by molar-refractivity contribution is 0.321. The van der Waals surface area contributed by atoms with Crippen LogP contribution >= 0.6 is 15.9 Å². The van der Waals surface area contributed by atoms with Crippen molar-refractivity contribution >= 4 is 21.9 Å². The lowest BCUT2D eigenvalue weighted by Gasteiger charge is -2.18. The Morgan fingerprint density at radius 2 is 2.15 bits per heavy atom. The lowest BCUT2D eigenvalue weighted by Crippen LogP contribution is -2.44. The van der Waals surface area contributed by atoms with Crippen LogP contribution in [0.25, 0.3) is 0 Å². The van der Waals surface area contributed by atoms with Gasteiger partial charge in [0.25, 0.3) is 0 Å². The highest BCUT2D eigenvalue weighted by molar-refractivity contribution is 9.10. The molecule has 0 fully saturated rings. The molecule has 1 unspecified atom stereocenters. The Morgan fingerprint density at radius 3 is 2.77 bits per heavy atom. The van der Waals surface area contributed by atoms with Gasteiger partial charge in [-0.1, -0.05) is 22.0 Å². The normalized spacial score (nSPS) is 12.8. The first-order chi connectivity index (χ1) is 12.4. The third-order valence-corrected chi connectivity index (χ3v) is 4.73. The summed E-state index contributed by atoms with van der Waals surface area (Å²) in [4.78, 5) is 4.29. The summed E-state index contributed by atoms with van der Waals surface area (Å²) in [6.07, 6.45) is 0.904. The molecule has 0 spiro atoms. The summed E-state index contributed by atoms with van der Waals surface area (Å²) in [6.45, 7) is 7.54. The lowest BCUT2D eigenvalue weighted by atomic mass is 10.1. The zero-order valence-electron chi connectivity index (χ0n) is 16.1. The van der Waals surface area contributed by atoms with Crippen molar-refractivity contribution in [1.29, 1.82) is 0 Å². The van der Waals surface area contributed by atoms with E-state index in [1.807, 2.05) is 36.0 Å². The van der Waals surface area contributed by atoms with Gasteiger partial charge in [0.05, 0.1) is 12.2 Å². The molecule has 0 amide bonds. The van der Waals surface area contributed by atoms with Gasteiger partial charge in [-0.2, -0.15) is 5.10 Å². The van der Waals surface area contributed by atoms with E-state index in [0.717, 1.165) is 28.3 Å². The summed E-state index contributed by atoms with van der Waals surface area (Å²) in [7, 11) is 3.76. The molecule has 0 aliphatic carbocycles. The van der Waals surface area contributed by atoms with Crippen LogP contribution in [-0.4, -0.2) is 42.0 Å². The molecule has 2 rings (SSSR count). The molecule has 0 bridgehead atoms. The average molecular weight is 422 g/mol. The smallest absolute Gasteiger partial charge is 0.191 e. The van der Waals surface area contributed by atoms with Crippen molar-refractivity contribution in [3.63, 3.8) is 0 Å². The van der Waals surface area contributed by atoms with Crippen LogP contribution in [0.1, 0.15) is 23.9 Å². The number of nitrogens with one attached hydrogen (secondary N) is 2. The highest BCUT2D eigenvalue weighted by Crippen LogP contribution is 2.17. The minimum Gasteiger partial charge on any atom is -0.492 e. The van der Waals surface area contributed by atoms with Crippen molar-refractivity contribution in [1.82, 2.24) is 20.4 Å². The molecule has 0 saturated heterocycles. The van der Waals surface area contributed by atoms with Crippen LogP contribution in [0, 0.1) is 13.8 Å². The quantitative estimate of drug-likeness (QED) is 0.409. The Hall–Kier alpha value is -2.02. The van der Waals surface area contributed by atoms with E-state index in [1.165, 1.54) is 11.3 Å². The summed E-state index contributed by atoms with van der Waals surface area (Å²) >= 11 is 3.44. The third-order valence-electron chi connectivity index (χ3n) is 4.24. The first-order valence-corrected chi connectivity index (χ1v) is 9.54. The number of rotatable bonds is 7. The third kappa shape index (κ3) is 5.76. The number of aromatic nitrogens is 2. The van der Waals surface area contributed by atoms with Crippen molar-refractivity contribution in [2.45, 2.75) is 33.2 Å². The van der Waals surface area contributed by atoms with Crippen LogP contribution in [0.2, 0.25) is 0 Å². The predicted molar refractivity (Wildman–Crippen MR) is 110 cm³/mol. The molecule has 1 aromatic heterocycles. The molecular formula is C19H28BrN5O. The fourth-order valence-electron chi connectivity index (χ4n) is 2.79. The predicted octanol–water partition coefficient (Wildman–Crippen LogP) is 2.97. The summed E-state index contributed by atoms with van der Waals surface area (Å²) in [5, 5.41) is 11.2. The molecule has 0 radical (unpaired) electrons. The van der Waals surface area contributed by atoms with Gasteiger partial charge in [0.2, 0.25) is 0 Å². The maximum Gasteiger partial charge on any atom is 0.191 e. The van der Waals surface area contributed by atoms with Gasteiger partial charge >= 0.3 is 0 Å². The largest absolute Gasteiger partial charge is 0.492 e. The fraction of sp³-hybridized carbons (Fsp3) is 0.474. The van der Waals surface area contributed by atoms with Gasteiger partial charge in [0.15, 0.2) is 5.96 Å². The van der Waals surface area contributed by atoms with Gasteiger partial charge in [-0.3, -0.25) is 9.67 Å². The molecule has 1 heterocycles. The van der Waals surface area contributed by atoms with Crippen LogP contribution in [0.5, 0.6) is 5.75 Å². The van der Waals surface area contributed by atoms with Crippen molar-refractivity contribution in [3.05, 3.63) is 45.7 Å². The summed E-state index contributed by atoms with van der Waals surface area (Å²) < 4.78 is 8.67. The Balaban J connectivity index is 1.78. The minimum atomic E-state index is 0.244. The number of halogens is 1. The van der Waals surface area contributed by atoms with Crippen molar-refractivity contribution < 1.29 is 4.74 Å². The number of benzene rings is 1. The Labute approximate surface area is 164 Å². The van der Waals surface area contributed by atoms with E-state index >= 15 is 0 Å². The molecule has 142 valence electrons. The van der Waals surface area contributed by atoms with Gasteiger partial charge in [-0.05, 0) is 51.0 Å². The molecule has 6 nitrogen and oxygen atoms in total. The molecule has 26 heavy (non-hydrogen) atoms. The van der Waals surface area contributed by atoms with Crippen molar-refractivity contribution in [2.24, 2.45) is 12.0 Å². The van der Waals surface area contributed by atoms with Crippen LogP contribution in [0.3, 0.4) is 0 Å². The number of guanidine groups is 1. The maximum atomic E-state index is 5.73. The molecule has 2 N–H and O–H groups in total. The number of nitrogens with zero attached hydrogens (tertiary/aromatic N) is 3. The van der Waals surface area contributed by atoms with Crippen LogP contribution in [0.4, 0.5) is 0 Å². The van der Waals surface area contributed by atoms with Gasteiger partial charge < -0.3 is 15.4 Å². The van der Waals surface area contributed by atoms with Gasteiger partial charge in [-0.25, -0.2) is 0 Å². The first-order valence-electron chi connectivity index (χ1n) is 8.75. The average Bonchev–Trinajstić information content (AvgIpc) is 2.84. The number of hydrogen-bond donors (Lipinski definition) is 2. The van der Waals surface area contributed by atoms with Gasteiger partial charge in [0, 0.05) is 30.3 Å².